The molecule has 0 N–H and O–H groups in total. The number of methoxy groups -OCH3 is 1. The van der Waals surface area contributed by atoms with Gasteiger partial charge in [-0.15, -0.1) is 0 Å². The van der Waals surface area contributed by atoms with Gasteiger partial charge in [-0.05, 0) is 49.7 Å². The molecule has 1 fully saturated rings. The number of unbranched alkanes of at least 4 members (excludes halogenated alkanes) is 1. The molecule has 0 saturated carbocycles. The predicted molar refractivity (Wildman–Crippen MR) is 122 cm³/mol. The molecule has 1 saturated heterocycles. The molecule has 0 aliphatic carbocycles. The van der Waals surface area contributed by atoms with Crippen molar-refractivity contribution < 1.29 is 19.1 Å². The van der Waals surface area contributed by atoms with Gasteiger partial charge in [0.15, 0.2) is 6.61 Å². The molecule has 4 rings (SSSR count). The largest absolute Gasteiger partial charge is 0.497 e. The Kier molecular flexibility index (Phi) is 7.12. The fraction of sp³-hybridized carbons (Fsp3) is 0.435. The van der Waals surface area contributed by atoms with Crippen LogP contribution in [-0.2, 0) is 4.79 Å². The number of rotatable bonds is 7. The third-order valence-electron chi connectivity index (χ3n) is 5.83. The van der Waals surface area contributed by atoms with Crippen LogP contribution in [0.15, 0.2) is 36.5 Å². The molecule has 0 radical (unpaired) electrons. The molecule has 32 heavy (non-hydrogen) atoms. The number of ether oxygens (including phenoxy) is 2. The fourth-order valence-electron chi connectivity index (χ4n) is 4.03. The number of nitrogens with zero attached hydrogens (tertiary/aromatic N) is 4. The van der Waals surface area contributed by atoms with E-state index in [-0.39, 0.29) is 18.4 Å². The highest BCUT2D eigenvalue weighted by molar-refractivity contribution is 6.32. The van der Waals surface area contributed by atoms with Gasteiger partial charge in [-0.1, -0.05) is 11.6 Å². The maximum atomic E-state index is 12.9. The van der Waals surface area contributed by atoms with E-state index < -0.39 is 0 Å². The van der Waals surface area contributed by atoms with E-state index in [9.17, 15) is 9.59 Å². The maximum Gasteiger partial charge on any atom is 0.267 e. The summed E-state index contributed by atoms with van der Waals surface area (Å²) in [6, 6.07) is 8.70. The number of hydrogen-bond donors (Lipinski definition) is 0. The van der Waals surface area contributed by atoms with Gasteiger partial charge in [0.2, 0.25) is 0 Å². The summed E-state index contributed by atoms with van der Waals surface area (Å²) in [5.41, 5.74) is 0.361. The number of carbonyl (C=O) groups is 2. The van der Waals surface area contributed by atoms with E-state index >= 15 is 0 Å². The predicted octanol–water partition coefficient (Wildman–Crippen LogP) is 2.71. The molecule has 2 aromatic rings. The molecule has 0 unspecified atom stereocenters. The van der Waals surface area contributed by atoms with Crippen LogP contribution in [0.25, 0.3) is 0 Å². The molecule has 2 aliphatic heterocycles. The minimum Gasteiger partial charge on any atom is -0.497 e. The summed E-state index contributed by atoms with van der Waals surface area (Å²) in [5, 5.41) is 0.677. The summed E-state index contributed by atoms with van der Waals surface area (Å²) in [4.78, 5) is 35.7. The van der Waals surface area contributed by atoms with Crippen molar-refractivity contribution in [1.82, 2.24) is 14.8 Å². The van der Waals surface area contributed by atoms with Crippen molar-refractivity contribution >= 4 is 29.2 Å². The van der Waals surface area contributed by atoms with E-state index in [0.717, 1.165) is 51.4 Å². The molecular formula is C23H27ClN4O4. The Morgan fingerprint density at radius 1 is 1.09 bits per heavy atom. The third kappa shape index (κ3) is 4.97. The Labute approximate surface area is 192 Å². The number of piperazine rings is 1. The summed E-state index contributed by atoms with van der Waals surface area (Å²) in [6.45, 7) is 4.75. The van der Waals surface area contributed by atoms with Crippen LogP contribution in [0.5, 0.6) is 11.5 Å². The quantitative estimate of drug-likeness (QED) is 0.466. The van der Waals surface area contributed by atoms with E-state index in [1.54, 1.807) is 24.4 Å². The molecule has 8 nitrogen and oxygen atoms in total. The highest BCUT2D eigenvalue weighted by atomic mass is 35.5. The number of pyridine rings is 1. The van der Waals surface area contributed by atoms with Gasteiger partial charge in [0.1, 0.15) is 17.3 Å². The first kappa shape index (κ1) is 22.4. The van der Waals surface area contributed by atoms with Crippen LogP contribution in [0, 0.1) is 0 Å². The van der Waals surface area contributed by atoms with Crippen molar-refractivity contribution in [3.63, 3.8) is 0 Å². The summed E-state index contributed by atoms with van der Waals surface area (Å²) in [7, 11) is 1.54. The second kappa shape index (κ2) is 10.2. The maximum absolute atomic E-state index is 12.9. The Balaban J connectivity index is 1.26. The number of hydrogen-bond acceptors (Lipinski definition) is 7. The second-order valence-corrected chi connectivity index (χ2v) is 8.25. The second-order valence-electron chi connectivity index (χ2n) is 7.85. The highest BCUT2D eigenvalue weighted by Crippen LogP contribution is 2.28. The average Bonchev–Trinajstić information content (AvgIpc) is 2.93. The summed E-state index contributed by atoms with van der Waals surface area (Å²) < 4.78 is 10.7. The molecule has 0 spiro atoms. The van der Waals surface area contributed by atoms with Gasteiger partial charge < -0.3 is 14.4 Å². The molecular weight excluding hydrogens is 432 g/mol. The smallest absolute Gasteiger partial charge is 0.267 e. The lowest BCUT2D eigenvalue weighted by molar-refractivity contribution is -0.130. The van der Waals surface area contributed by atoms with E-state index in [4.69, 9.17) is 21.1 Å². The van der Waals surface area contributed by atoms with Gasteiger partial charge in [-0.3, -0.25) is 19.4 Å². The van der Waals surface area contributed by atoms with Crippen LogP contribution in [0.3, 0.4) is 0 Å². The fourth-order valence-corrected chi connectivity index (χ4v) is 4.27. The molecule has 9 heteroatoms. The zero-order valence-electron chi connectivity index (χ0n) is 18.1. The molecule has 0 atom stereocenters. The third-order valence-corrected chi connectivity index (χ3v) is 6.13. The van der Waals surface area contributed by atoms with Crippen molar-refractivity contribution in [2.75, 3.05) is 57.9 Å². The lowest BCUT2D eigenvalue weighted by Crippen LogP contribution is -2.47. The first-order valence-corrected chi connectivity index (χ1v) is 11.2. The SMILES string of the molecule is COc1ccc2c(c1)C(=O)N(CCCCN1CCN(c3ncccc3Cl)CC1)C(=O)CO2. The van der Waals surface area contributed by atoms with Crippen molar-refractivity contribution in [3.8, 4) is 11.5 Å². The monoisotopic (exact) mass is 458 g/mol. The minimum absolute atomic E-state index is 0.136. The lowest BCUT2D eigenvalue weighted by atomic mass is 10.1. The first-order valence-electron chi connectivity index (χ1n) is 10.8. The van der Waals surface area contributed by atoms with Crippen molar-refractivity contribution in [2.45, 2.75) is 12.8 Å². The normalized spacial score (nSPS) is 17.1. The Morgan fingerprint density at radius 3 is 2.62 bits per heavy atom. The lowest BCUT2D eigenvalue weighted by Gasteiger charge is -2.35. The summed E-state index contributed by atoms with van der Waals surface area (Å²) in [6.07, 6.45) is 3.40. The van der Waals surface area contributed by atoms with Gasteiger partial charge in [0.05, 0.1) is 17.7 Å². The molecule has 2 amide bonds. The molecule has 0 bridgehead atoms. The highest BCUT2D eigenvalue weighted by Gasteiger charge is 2.29. The Morgan fingerprint density at radius 2 is 1.88 bits per heavy atom. The van der Waals surface area contributed by atoms with Crippen LogP contribution in [-0.4, -0.2) is 79.6 Å². The number of anilines is 1. The number of carbonyl (C=O) groups excluding carboxylic acids is 2. The minimum atomic E-state index is -0.331. The van der Waals surface area contributed by atoms with Crippen LogP contribution in [0.4, 0.5) is 5.82 Å². The van der Waals surface area contributed by atoms with Gasteiger partial charge in [-0.2, -0.15) is 0 Å². The molecule has 1 aromatic heterocycles. The average molecular weight is 459 g/mol. The zero-order valence-corrected chi connectivity index (χ0v) is 18.9. The van der Waals surface area contributed by atoms with Crippen LogP contribution < -0.4 is 14.4 Å². The van der Waals surface area contributed by atoms with Crippen LogP contribution >= 0.6 is 11.6 Å². The van der Waals surface area contributed by atoms with E-state index in [0.29, 0.717) is 28.6 Å². The number of imide groups is 1. The summed E-state index contributed by atoms with van der Waals surface area (Å²) in [5.74, 6) is 1.16. The van der Waals surface area contributed by atoms with Gasteiger partial charge in [0, 0.05) is 38.9 Å². The van der Waals surface area contributed by atoms with Crippen LogP contribution in [0.2, 0.25) is 5.02 Å². The number of halogens is 1. The Bertz CT molecular complexity index is 978. The van der Waals surface area contributed by atoms with Crippen molar-refractivity contribution in [3.05, 3.63) is 47.1 Å². The molecule has 3 heterocycles. The van der Waals surface area contributed by atoms with Gasteiger partial charge in [0.25, 0.3) is 11.8 Å². The number of aromatic nitrogens is 1. The molecule has 2 aliphatic rings. The summed E-state index contributed by atoms with van der Waals surface area (Å²) >= 11 is 6.26. The van der Waals surface area contributed by atoms with E-state index in [2.05, 4.69) is 14.8 Å². The van der Waals surface area contributed by atoms with E-state index in [1.165, 1.54) is 12.0 Å². The van der Waals surface area contributed by atoms with Gasteiger partial charge >= 0.3 is 0 Å². The molecule has 1 aromatic carbocycles. The zero-order chi connectivity index (χ0) is 22.5. The van der Waals surface area contributed by atoms with E-state index in [1.807, 2.05) is 12.1 Å². The van der Waals surface area contributed by atoms with Gasteiger partial charge in [-0.25, -0.2) is 4.98 Å². The van der Waals surface area contributed by atoms with Crippen molar-refractivity contribution in [2.24, 2.45) is 0 Å². The Hall–Kier alpha value is -2.84. The number of amides is 2. The molecule has 170 valence electrons. The topological polar surface area (TPSA) is 75.2 Å². The number of fused-ring (bicyclic) bond motifs is 1. The number of benzene rings is 1. The van der Waals surface area contributed by atoms with Crippen LogP contribution in [0.1, 0.15) is 23.2 Å². The van der Waals surface area contributed by atoms with Crippen molar-refractivity contribution in [1.29, 1.82) is 0 Å². The standard InChI is InChI=1S/C23H27ClN4O4/c1-31-17-6-7-20-18(15-17)23(30)28(21(29)16-32-20)10-3-2-9-26-11-13-27(14-12-26)22-19(24)5-4-8-25-22/h4-8,15H,2-3,9-14,16H2,1H3. The first-order chi connectivity index (χ1) is 15.6.